The molecule has 3 N–H and O–H groups in total. The molecule has 0 aromatic carbocycles. The topological polar surface area (TPSA) is 56.5 Å². The molecule has 0 unspecified atom stereocenters. The average Bonchev–Trinajstić information content (AvgIpc) is 2.38. The van der Waals surface area contributed by atoms with Crippen molar-refractivity contribution in [1.82, 2.24) is 5.32 Å². The van der Waals surface area contributed by atoms with Gasteiger partial charge in [-0.05, 0) is 13.8 Å². The Balaban J connectivity index is 2.62. The summed E-state index contributed by atoms with van der Waals surface area (Å²) in [6.45, 7) is 5.29. The van der Waals surface area contributed by atoms with Gasteiger partial charge in [-0.2, -0.15) is 0 Å². The molecule has 0 saturated carbocycles. The molecule has 0 aromatic heterocycles. The van der Waals surface area contributed by atoms with Crippen molar-refractivity contribution < 1.29 is 10.1 Å². The van der Waals surface area contributed by atoms with Gasteiger partial charge in [0.1, 0.15) is 5.84 Å². The summed E-state index contributed by atoms with van der Waals surface area (Å²) in [6.07, 6.45) is 0. The van der Waals surface area contributed by atoms with E-state index < -0.39 is 5.60 Å². The molecule has 4 heteroatoms. The van der Waals surface area contributed by atoms with E-state index in [2.05, 4.69) is 15.2 Å². The lowest BCUT2D eigenvalue weighted by atomic mass is 10.1. The first-order valence-electron chi connectivity index (χ1n) is 3.30. The van der Waals surface area contributed by atoms with Crippen molar-refractivity contribution in [3.8, 4) is 0 Å². The molecule has 0 aromatic rings. The minimum absolute atomic E-state index is 0.573. The SMILES string of the molecule is CC(C)(O[OH2+])C1=NCCN1. The van der Waals surface area contributed by atoms with Gasteiger partial charge in [0.15, 0.2) is 5.60 Å². The summed E-state index contributed by atoms with van der Waals surface area (Å²) in [5.41, 5.74) is -0.573. The van der Waals surface area contributed by atoms with Gasteiger partial charge in [-0.1, -0.05) is 4.89 Å². The van der Waals surface area contributed by atoms with Crippen LogP contribution in [-0.2, 0) is 4.89 Å². The lowest BCUT2D eigenvalue weighted by Crippen LogP contribution is -2.41. The molecule has 1 aliphatic heterocycles. The van der Waals surface area contributed by atoms with Crippen LogP contribution in [0.2, 0.25) is 0 Å². The van der Waals surface area contributed by atoms with Gasteiger partial charge in [-0.3, -0.25) is 10.2 Å². The Morgan fingerprint density at radius 3 is 2.80 bits per heavy atom. The van der Waals surface area contributed by atoms with Crippen molar-refractivity contribution >= 4 is 5.84 Å². The highest BCUT2D eigenvalue weighted by molar-refractivity contribution is 5.90. The quantitative estimate of drug-likeness (QED) is 0.321. The molecule has 0 radical (unpaired) electrons. The van der Waals surface area contributed by atoms with E-state index in [4.69, 9.17) is 5.26 Å². The van der Waals surface area contributed by atoms with Gasteiger partial charge in [0.2, 0.25) is 0 Å². The van der Waals surface area contributed by atoms with E-state index in [0.29, 0.717) is 0 Å². The van der Waals surface area contributed by atoms with Crippen LogP contribution in [0, 0.1) is 0 Å². The minimum Gasteiger partial charge on any atom is -0.369 e. The zero-order valence-electron chi connectivity index (χ0n) is 6.27. The predicted octanol–water partition coefficient (Wildman–Crippen LogP) is -0.577. The molecule has 1 rings (SSSR count). The summed E-state index contributed by atoms with van der Waals surface area (Å²) in [5, 5.41) is 9.80. The molecule has 0 fully saturated rings. The van der Waals surface area contributed by atoms with Crippen molar-refractivity contribution in [2.45, 2.75) is 19.4 Å². The van der Waals surface area contributed by atoms with Crippen molar-refractivity contribution in [3.63, 3.8) is 0 Å². The van der Waals surface area contributed by atoms with E-state index >= 15 is 0 Å². The number of aliphatic imine (C=N–C) groups is 1. The zero-order chi connectivity index (χ0) is 7.61. The lowest BCUT2D eigenvalue weighted by Gasteiger charge is -2.16. The second-order valence-electron chi connectivity index (χ2n) is 2.77. The molecule has 1 heterocycles. The first-order chi connectivity index (χ1) is 4.67. The molecule has 10 heavy (non-hydrogen) atoms. The van der Waals surface area contributed by atoms with Gasteiger partial charge in [-0.15, -0.1) is 0 Å². The molecule has 0 atom stereocenters. The van der Waals surface area contributed by atoms with Crippen molar-refractivity contribution in [2.75, 3.05) is 13.1 Å². The van der Waals surface area contributed by atoms with Crippen molar-refractivity contribution in [2.24, 2.45) is 4.99 Å². The predicted molar refractivity (Wildman–Crippen MR) is 39.1 cm³/mol. The highest BCUT2D eigenvalue weighted by atomic mass is 17.1. The summed E-state index contributed by atoms with van der Waals surface area (Å²) < 4.78 is 0. The fourth-order valence-corrected chi connectivity index (χ4v) is 0.849. The molecular formula is C6H13N2O2+. The maximum absolute atomic E-state index is 6.75. The van der Waals surface area contributed by atoms with Gasteiger partial charge in [0, 0.05) is 6.54 Å². The molecular weight excluding hydrogens is 132 g/mol. The highest BCUT2D eigenvalue weighted by Gasteiger charge is 2.30. The monoisotopic (exact) mass is 145 g/mol. The lowest BCUT2D eigenvalue weighted by molar-refractivity contribution is -0.290. The smallest absolute Gasteiger partial charge is 0.199 e. The van der Waals surface area contributed by atoms with Gasteiger partial charge in [-0.25, -0.2) is 0 Å². The van der Waals surface area contributed by atoms with Crippen LogP contribution >= 0.6 is 0 Å². The summed E-state index contributed by atoms with van der Waals surface area (Å²) in [4.78, 5) is 8.62. The Hall–Kier alpha value is -0.610. The molecule has 4 nitrogen and oxygen atoms in total. The zero-order valence-corrected chi connectivity index (χ0v) is 6.27. The maximum atomic E-state index is 6.75. The second-order valence-corrected chi connectivity index (χ2v) is 2.77. The number of amidine groups is 1. The van der Waals surface area contributed by atoms with E-state index in [1.165, 1.54) is 0 Å². The fraction of sp³-hybridized carbons (Fsp3) is 0.833. The number of nitrogens with one attached hydrogen (secondary N) is 1. The number of rotatable bonds is 2. The van der Waals surface area contributed by atoms with Gasteiger partial charge in [0.05, 0.1) is 6.54 Å². The molecule has 0 aliphatic carbocycles. The van der Waals surface area contributed by atoms with E-state index in [1.807, 2.05) is 13.8 Å². The molecule has 1 aliphatic rings. The van der Waals surface area contributed by atoms with E-state index in [-0.39, 0.29) is 0 Å². The summed E-state index contributed by atoms with van der Waals surface area (Å²) >= 11 is 0. The van der Waals surface area contributed by atoms with Gasteiger partial charge >= 0.3 is 0 Å². The van der Waals surface area contributed by atoms with Crippen LogP contribution in [0.15, 0.2) is 4.99 Å². The van der Waals surface area contributed by atoms with Crippen LogP contribution in [0.3, 0.4) is 0 Å². The van der Waals surface area contributed by atoms with Crippen molar-refractivity contribution in [1.29, 1.82) is 0 Å². The average molecular weight is 145 g/mol. The summed E-state index contributed by atoms with van der Waals surface area (Å²) in [6, 6.07) is 0. The van der Waals surface area contributed by atoms with Crippen LogP contribution < -0.4 is 5.32 Å². The van der Waals surface area contributed by atoms with E-state index in [9.17, 15) is 0 Å². The van der Waals surface area contributed by atoms with Crippen LogP contribution in [0.4, 0.5) is 0 Å². The van der Waals surface area contributed by atoms with Crippen LogP contribution in [-0.4, -0.2) is 29.8 Å². The molecule has 58 valence electrons. The largest absolute Gasteiger partial charge is 0.369 e. The van der Waals surface area contributed by atoms with Crippen LogP contribution in [0.25, 0.3) is 0 Å². The Morgan fingerprint density at radius 2 is 2.40 bits per heavy atom. The third kappa shape index (κ3) is 1.27. The fourth-order valence-electron chi connectivity index (χ4n) is 0.849. The normalized spacial score (nSPS) is 18.5. The minimum atomic E-state index is -0.573. The molecule has 0 spiro atoms. The summed E-state index contributed by atoms with van der Waals surface area (Å²) in [7, 11) is 0. The Labute approximate surface area is 59.8 Å². The van der Waals surface area contributed by atoms with E-state index in [1.54, 1.807) is 0 Å². The van der Waals surface area contributed by atoms with Crippen LogP contribution in [0.5, 0.6) is 0 Å². The highest BCUT2D eigenvalue weighted by Crippen LogP contribution is 2.10. The van der Waals surface area contributed by atoms with Gasteiger partial charge in [0.25, 0.3) is 0 Å². The Bertz CT molecular complexity index is 154. The third-order valence-corrected chi connectivity index (χ3v) is 1.50. The molecule has 0 bridgehead atoms. The Morgan fingerprint density at radius 1 is 1.70 bits per heavy atom. The summed E-state index contributed by atoms with van der Waals surface area (Å²) in [5.74, 6) is 0.780. The van der Waals surface area contributed by atoms with Crippen molar-refractivity contribution in [3.05, 3.63) is 0 Å². The first-order valence-corrected chi connectivity index (χ1v) is 3.30. The standard InChI is InChI=1S/C6H12N2O2/c1-6(2,10-9)5-7-3-4-8-5/h9H,3-4H2,1-2H3,(H,7,8)/p+1. The maximum Gasteiger partial charge on any atom is 0.199 e. The number of hydrogen-bond acceptors (Lipinski definition) is 3. The second kappa shape index (κ2) is 2.56. The third-order valence-electron chi connectivity index (χ3n) is 1.50. The van der Waals surface area contributed by atoms with E-state index in [0.717, 1.165) is 18.9 Å². The molecule has 0 amide bonds. The Kier molecular flexibility index (Phi) is 1.92. The number of hydrogen-bond donors (Lipinski definition) is 1. The number of nitrogens with zero attached hydrogens (tertiary/aromatic N) is 1. The van der Waals surface area contributed by atoms with Crippen LogP contribution in [0.1, 0.15) is 13.8 Å². The van der Waals surface area contributed by atoms with Gasteiger partial charge < -0.3 is 5.32 Å². The molecule has 0 saturated heterocycles. The first kappa shape index (κ1) is 7.50.